The number of rotatable bonds is 5. The standard InChI is InChI=1S/C20H32N2O2/c1-16-6-4-5-7-18(16)22-12-10-21(11-13-22)15-17-8-9-19(23-2)20(14-17)24-3/h8-9,14,16,18H,4-7,10-13,15H2,1-3H3/t16-,18-/m0/s1. The van der Waals surface area contributed by atoms with E-state index in [1.165, 1.54) is 44.3 Å². The number of benzene rings is 1. The molecule has 2 aliphatic rings. The Morgan fingerprint density at radius 1 is 0.958 bits per heavy atom. The minimum Gasteiger partial charge on any atom is -0.493 e. The molecule has 1 aromatic carbocycles. The Morgan fingerprint density at radius 3 is 2.33 bits per heavy atom. The normalized spacial score (nSPS) is 26.3. The Hall–Kier alpha value is -1.26. The Balaban J connectivity index is 1.53. The molecule has 1 saturated heterocycles. The zero-order valence-corrected chi connectivity index (χ0v) is 15.5. The molecule has 4 heteroatoms. The van der Waals surface area contributed by atoms with E-state index >= 15 is 0 Å². The molecule has 4 nitrogen and oxygen atoms in total. The van der Waals surface area contributed by atoms with Crippen molar-refractivity contribution in [2.75, 3.05) is 40.4 Å². The number of nitrogens with zero attached hydrogens (tertiary/aromatic N) is 2. The Kier molecular flexibility index (Phi) is 6.01. The van der Waals surface area contributed by atoms with E-state index in [0.29, 0.717) is 0 Å². The molecule has 0 radical (unpaired) electrons. The SMILES string of the molecule is COc1ccc(CN2CCN([C@H]3CCCC[C@@H]3C)CC2)cc1OC. The van der Waals surface area contributed by atoms with Crippen molar-refractivity contribution in [2.24, 2.45) is 5.92 Å². The fourth-order valence-electron chi connectivity index (χ4n) is 4.33. The van der Waals surface area contributed by atoms with Gasteiger partial charge in [-0.15, -0.1) is 0 Å². The van der Waals surface area contributed by atoms with Crippen LogP contribution in [0.2, 0.25) is 0 Å². The fraction of sp³-hybridized carbons (Fsp3) is 0.700. The molecule has 1 aliphatic heterocycles. The summed E-state index contributed by atoms with van der Waals surface area (Å²) < 4.78 is 10.7. The second-order valence-electron chi connectivity index (χ2n) is 7.33. The third kappa shape index (κ3) is 4.04. The van der Waals surface area contributed by atoms with Gasteiger partial charge in [-0.1, -0.05) is 25.8 Å². The van der Waals surface area contributed by atoms with Gasteiger partial charge in [-0.3, -0.25) is 9.80 Å². The first kappa shape index (κ1) is 17.6. The minimum atomic E-state index is 0.803. The van der Waals surface area contributed by atoms with Crippen molar-refractivity contribution < 1.29 is 9.47 Å². The van der Waals surface area contributed by atoms with Gasteiger partial charge in [0.15, 0.2) is 11.5 Å². The summed E-state index contributed by atoms with van der Waals surface area (Å²) in [6.07, 6.45) is 5.66. The van der Waals surface area contributed by atoms with Gasteiger partial charge in [0.25, 0.3) is 0 Å². The molecule has 0 bridgehead atoms. The maximum absolute atomic E-state index is 5.42. The molecule has 24 heavy (non-hydrogen) atoms. The van der Waals surface area contributed by atoms with Crippen molar-refractivity contribution in [3.05, 3.63) is 23.8 Å². The van der Waals surface area contributed by atoms with E-state index in [1.54, 1.807) is 14.2 Å². The monoisotopic (exact) mass is 332 g/mol. The van der Waals surface area contributed by atoms with Crippen molar-refractivity contribution in [1.82, 2.24) is 9.80 Å². The van der Waals surface area contributed by atoms with E-state index in [4.69, 9.17) is 9.47 Å². The highest BCUT2D eigenvalue weighted by Crippen LogP contribution is 2.30. The summed E-state index contributed by atoms with van der Waals surface area (Å²) in [6, 6.07) is 7.08. The predicted octanol–water partition coefficient (Wildman–Crippen LogP) is 3.40. The average Bonchev–Trinajstić information content (AvgIpc) is 2.63. The molecule has 2 atom stereocenters. The van der Waals surface area contributed by atoms with Gasteiger partial charge in [-0.2, -0.15) is 0 Å². The van der Waals surface area contributed by atoms with Crippen molar-refractivity contribution in [1.29, 1.82) is 0 Å². The minimum absolute atomic E-state index is 0.803. The first-order chi connectivity index (χ1) is 11.7. The van der Waals surface area contributed by atoms with Gasteiger partial charge in [-0.25, -0.2) is 0 Å². The zero-order valence-electron chi connectivity index (χ0n) is 15.5. The van der Waals surface area contributed by atoms with Gasteiger partial charge in [0.2, 0.25) is 0 Å². The number of ether oxygens (including phenoxy) is 2. The molecule has 134 valence electrons. The lowest BCUT2D eigenvalue weighted by Crippen LogP contribution is -2.52. The van der Waals surface area contributed by atoms with E-state index in [-0.39, 0.29) is 0 Å². The van der Waals surface area contributed by atoms with E-state index < -0.39 is 0 Å². The average molecular weight is 332 g/mol. The first-order valence-corrected chi connectivity index (χ1v) is 9.38. The zero-order chi connectivity index (χ0) is 16.9. The van der Waals surface area contributed by atoms with Crippen LogP contribution in [-0.4, -0.2) is 56.2 Å². The van der Waals surface area contributed by atoms with E-state index in [9.17, 15) is 0 Å². The number of hydrogen-bond acceptors (Lipinski definition) is 4. The lowest BCUT2D eigenvalue weighted by molar-refractivity contribution is 0.0518. The molecule has 0 amide bonds. The second kappa shape index (κ2) is 8.21. The molecule has 3 rings (SSSR count). The molecule has 0 unspecified atom stereocenters. The van der Waals surface area contributed by atoms with Crippen LogP contribution in [0.4, 0.5) is 0 Å². The van der Waals surface area contributed by atoms with Crippen molar-refractivity contribution in [2.45, 2.75) is 45.2 Å². The maximum atomic E-state index is 5.42. The molecule has 1 saturated carbocycles. The maximum Gasteiger partial charge on any atom is 0.161 e. The van der Waals surface area contributed by atoms with Gasteiger partial charge in [0.1, 0.15) is 0 Å². The number of hydrogen-bond donors (Lipinski definition) is 0. The molecular weight excluding hydrogens is 300 g/mol. The van der Waals surface area contributed by atoms with Crippen LogP contribution in [0.15, 0.2) is 18.2 Å². The van der Waals surface area contributed by atoms with Crippen molar-refractivity contribution >= 4 is 0 Å². The van der Waals surface area contributed by atoms with Crippen LogP contribution in [0.25, 0.3) is 0 Å². The van der Waals surface area contributed by atoms with E-state index in [1.807, 2.05) is 6.07 Å². The van der Waals surface area contributed by atoms with Crippen LogP contribution in [-0.2, 0) is 6.54 Å². The van der Waals surface area contributed by atoms with Crippen molar-refractivity contribution in [3.8, 4) is 11.5 Å². The fourth-order valence-corrected chi connectivity index (χ4v) is 4.33. The van der Waals surface area contributed by atoms with Gasteiger partial charge in [-0.05, 0) is 36.5 Å². The second-order valence-corrected chi connectivity index (χ2v) is 7.33. The largest absolute Gasteiger partial charge is 0.493 e. The summed E-state index contributed by atoms with van der Waals surface area (Å²) in [5, 5.41) is 0. The summed E-state index contributed by atoms with van der Waals surface area (Å²) in [4.78, 5) is 5.31. The molecule has 1 heterocycles. The highest BCUT2D eigenvalue weighted by Gasteiger charge is 2.29. The van der Waals surface area contributed by atoms with Gasteiger partial charge >= 0.3 is 0 Å². The molecule has 0 N–H and O–H groups in total. The van der Waals surface area contributed by atoms with E-state index in [2.05, 4.69) is 28.9 Å². The van der Waals surface area contributed by atoms with Gasteiger partial charge in [0.05, 0.1) is 14.2 Å². The highest BCUT2D eigenvalue weighted by atomic mass is 16.5. The van der Waals surface area contributed by atoms with Crippen molar-refractivity contribution in [3.63, 3.8) is 0 Å². The predicted molar refractivity (Wildman–Crippen MR) is 97.8 cm³/mol. The van der Waals surface area contributed by atoms with Crippen LogP contribution in [0.1, 0.15) is 38.2 Å². The van der Waals surface area contributed by atoms with Crippen LogP contribution in [0.5, 0.6) is 11.5 Å². The number of methoxy groups -OCH3 is 2. The third-order valence-corrected chi connectivity index (χ3v) is 5.80. The van der Waals surface area contributed by atoms with Crippen LogP contribution < -0.4 is 9.47 Å². The summed E-state index contributed by atoms with van der Waals surface area (Å²) in [5.41, 5.74) is 1.30. The Morgan fingerprint density at radius 2 is 1.67 bits per heavy atom. The molecule has 2 fully saturated rings. The summed E-state index contributed by atoms with van der Waals surface area (Å²) in [7, 11) is 3.38. The quantitative estimate of drug-likeness (QED) is 0.825. The first-order valence-electron chi connectivity index (χ1n) is 9.38. The van der Waals surface area contributed by atoms with Gasteiger partial charge < -0.3 is 9.47 Å². The smallest absolute Gasteiger partial charge is 0.161 e. The third-order valence-electron chi connectivity index (χ3n) is 5.80. The lowest BCUT2D eigenvalue weighted by atomic mass is 9.84. The molecule has 1 aliphatic carbocycles. The number of piperazine rings is 1. The van der Waals surface area contributed by atoms with E-state index in [0.717, 1.165) is 43.1 Å². The molecule has 1 aromatic rings. The summed E-state index contributed by atoms with van der Waals surface area (Å²) in [5.74, 6) is 2.50. The molecule has 0 spiro atoms. The summed E-state index contributed by atoms with van der Waals surface area (Å²) in [6.45, 7) is 8.19. The summed E-state index contributed by atoms with van der Waals surface area (Å²) >= 11 is 0. The highest BCUT2D eigenvalue weighted by molar-refractivity contribution is 5.42. The van der Waals surface area contributed by atoms with Gasteiger partial charge in [0, 0.05) is 38.8 Å². The molecule has 0 aromatic heterocycles. The van der Waals surface area contributed by atoms with Crippen LogP contribution in [0.3, 0.4) is 0 Å². The Labute approximate surface area is 146 Å². The topological polar surface area (TPSA) is 24.9 Å². The molecular formula is C20H32N2O2. The lowest BCUT2D eigenvalue weighted by Gasteiger charge is -2.43. The van der Waals surface area contributed by atoms with Crippen LogP contribution >= 0.6 is 0 Å². The van der Waals surface area contributed by atoms with Crippen LogP contribution in [0, 0.1) is 5.92 Å². The Bertz CT molecular complexity index is 526.